The molecule has 0 aliphatic rings. The number of methoxy groups -OCH3 is 1. The predicted octanol–water partition coefficient (Wildman–Crippen LogP) is 2.48. The van der Waals surface area contributed by atoms with Gasteiger partial charge < -0.3 is 9.47 Å². The molecule has 1 aromatic carbocycles. The second-order valence-corrected chi connectivity index (χ2v) is 4.73. The van der Waals surface area contributed by atoms with Gasteiger partial charge in [-0.2, -0.15) is 0 Å². The molecule has 1 aromatic rings. The van der Waals surface area contributed by atoms with Gasteiger partial charge in [-0.25, -0.2) is 4.79 Å². The Morgan fingerprint density at radius 2 is 1.89 bits per heavy atom. The molecule has 4 heteroatoms. The van der Waals surface area contributed by atoms with Gasteiger partial charge in [0, 0.05) is 0 Å². The van der Waals surface area contributed by atoms with Crippen LogP contribution in [0.15, 0.2) is 12.1 Å². The number of rotatable bonds is 5. The topological polar surface area (TPSA) is 38.8 Å². The summed E-state index contributed by atoms with van der Waals surface area (Å²) in [7, 11) is 5.40. The van der Waals surface area contributed by atoms with E-state index >= 15 is 0 Å². The number of ether oxygens (including phenoxy) is 2. The van der Waals surface area contributed by atoms with Gasteiger partial charge in [0.15, 0.2) is 0 Å². The first-order valence-electron chi connectivity index (χ1n) is 6.41. The van der Waals surface area contributed by atoms with Crippen molar-refractivity contribution in [3.63, 3.8) is 0 Å². The fourth-order valence-corrected chi connectivity index (χ4v) is 2.17. The van der Waals surface area contributed by atoms with Crippen LogP contribution >= 0.6 is 0 Å². The molecule has 0 spiro atoms. The van der Waals surface area contributed by atoms with Crippen molar-refractivity contribution in [3.05, 3.63) is 28.8 Å². The average Bonchev–Trinajstić information content (AvgIpc) is 2.35. The number of likely N-dealkylation sites (N-methyl/N-ethyl adjacent to an activating group) is 1. The highest BCUT2D eigenvalue weighted by atomic mass is 16.5. The number of benzene rings is 1. The monoisotopic (exact) mass is 265 g/mol. The summed E-state index contributed by atoms with van der Waals surface area (Å²) >= 11 is 0. The lowest BCUT2D eigenvalue weighted by Gasteiger charge is -2.25. The number of nitrogens with zero attached hydrogens (tertiary/aromatic N) is 1. The molecule has 1 rings (SSSR count). The Morgan fingerprint density at radius 3 is 2.37 bits per heavy atom. The molecule has 0 saturated carbocycles. The number of hydrogen-bond acceptors (Lipinski definition) is 4. The normalized spacial score (nSPS) is 12.4. The number of carbonyl (C=O) groups excluding carboxylic acids is 1. The van der Waals surface area contributed by atoms with Crippen molar-refractivity contribution in [2.45, 2.75) is 26.8 Å². The predicted molar refractivity (Wildman–Crippen MR) is 75.5 cm³/mol. The first kappa shape index (κ1) is 15.5. The van der Waals surface area contributed by atoms with Gasteiger partial charge in [0.2, 0.25) is 0 Å². The largest absolute Gasteiger partial charge is 0.496 e. The van der Waals surface area contributed by atoms with Crippen molar-refractivity contribution < 1.29 is 14.3 Å². The molecular formula is C15H23NO3. The zero-order chi connectivity index (χ0) is 14.6. The Morgan fingerprint density at radius 1 is 1.26 bits per heavy atom. The summed E-state index contributed by atoms with van der Waals surface area (Å²) in [6, 6.07) is 3.44. The average molecular weight is 265 g/mol. The summed E-state index contributed by atoms with van der Waals surface area (Å²) in [5.41, 5.74) is 3.07. The van der Waals surface area contributed by atoms with E-state index in [0.29, 0.717) is 6.61 Å². The lowest BCUT2D eigenvalue weighted by atomic mass is 9.96. The van der Waals surface area contributed by atoms with Crippen LogP contribution in [0.5, 0.6) is 5.75 Å². The van der Waals surface area contributed by atoms with Crippen LogP contribution in [0.25, 0.3) is 0 Å². The van der Waals surface area contributed by atoms with Crippen LogP contribution in [0.4, 0.5) is 0 Å². The van der Waals surface area contributed by atoms with Crippen molar-refractivity contribution in [1.82, 2.24) is 4.90 Å². The van der Waals surface area contributed by atoms with Gasteiger partial charge in [-0.1, -0.05) is 6.07 Å². The Bertz CT molecular complexity index is 455. The van der Waals surface area contributed by atoms with E-state index in [1.54, 1.807) is 7.11 Å². The van der Waals surface area contributed by atoms with Crippen molar-refractivity contribution in [1.29, 1.82) is 0 Å². The minimum absolute atomic E-state index is 0.222. The van der Waals surface area contributed by atoms with Crippen LogP contribution < -0.4 is 4.74 Å². The summed E-state index contributed by atoms with van der Waals surface area (Å²) in [4.78, 5) is 14.0. The fraction of sp³-hybridized carbons (Fsp3) is 0.533. The van der Waals surface area contributed by atoms with Gasteiger partial charge in [-0.3, -0.25) is 4.90 Å². The van der Waals surface area contributed by atoms with Crippen molar-refractivity contribution in [2.24, 2.45) is 0 Å². The van der Waals surface area contributed by atoms with E-state index in [9.17, 15) is 4.79 Å². The van der Waals surface area contributed by atoms with Crippen molar-refractivity contribution >= 4 is 5.97 Å². The Labute approximate surface area is 115 Å². The number of esters is 1. The van der Waals surface area contributed by atoms with Crippen LogP contribution in [0, 0.1) is 13.8 Å². The van der Waals surface area contributed by atoms with Crippen LogP contribution in [0.2, 0.25) is 0 Å². The molecule has 0 amide bonds. The number of hydrogen-bond donors (Lipinski definition) is 0. The van der Waals surface area contributed by atoms with E-state index in [4.69, 9.17) is 9.47 Å². The highest BCUT2D eigenvalue weighted by molar-refractivity contribution is 5.78. The van der Waals surface area contributed by atoms with E-state index in [-0.39, 0.29) is 12.0 Å². The SMILES string of the molecule is CCOC(=O)C(c1ccc(OC)c(C)c1C)N(C)C. The van der Waals surface area contributed by atoms with E-state index in [1.807, 2.05) is 51.9 Å². The third kappa shape index (κ3) is 3.26. The smallest absolute Gasteiger partial charge is 0.327 e. The van der Waals surface area contributed by atoms with Gasteiger partial charge in [-0.05, 0) is 57.6 Å². The van der Waals surface area contributed by atoms with E-state index in [0.717, 1.165) is 22.4 Å². The third-order valence-electron chi connectivity index (χ3n) is 3.32. The number of carbonyl (C=O) groups is 1. The molecule has 0 fully saturated rings. The first-order chi connectivity index (χ1) is 8.93. The van der Waals surface area contributed by atoms with Gasteiger partial charge in [0.25, 0.3) is 0 Å². The fourth-order valence-electron chi connectivity index (χ4n) is 2.17. The summed E-state index contributed by atoms with van der Waals surface area (Å²) in [6.45, 7) is 6.20. The van der Waals surface area contributed by atoms with Gasteiger partial charge >= 0.3 is 5.97 Å². The van der Waals surface area contributed by atoms with Crippen LogP contribution in [0.3, 0.4) is 0 Å². The van der Waals surface area contributed by atoms with Gasteiger partial charge in [0.05, 0.1) is 13.7 Å². The highest BCUT2D eigenvalue weighted by Gasteiger charge is 2.26. The second-order valence-electron chi connectivity index (χ2n) is 4.73. The third-order valence-corrected chi connectivity index (χ3v) is 3.32. The van der Waals surface area contributed by atoms with Crippen molar-refractivity contribution in [2.75, 3.05) is 27.8 Å². The Hall–Kier alpha value is -1.55. The first-order valence-corrected chi connectivity index (χ1v) is 6.41. The second kappa shape index (κ2) is 6.57. The lowest BCUT2D eigenvalue weighted by Crippen LogP contribution is -2.30. The molecule has 106 valence electrons. The van der Waals surface area contributed by atoms with E-state index in [1.165, 1.54) is 0 Å². The lowest BCUT2D eigenvalue weighted by molar-refractivity contribution is -0.148. The summed E-state index contributed by atoms with van der Waals surface area (Å²) in [6.07, 6.45) is 0. The molecule has 0 aromatic heterocycles. The van der Waals surface area contributed by atoms with E-state index < -0.39 is 0 Å². The molecule has 19 heavy (non-hydrogen) atoms. The Kier molecular flexibility index (Phi) is 5.36. The van der Waals surface area contributed by atoms with Crippen molar-refractivity contribution in [3.8, 4) is 5.75 Å². The highest BCUT2D eigenvalue weighted by Crippen LogP contribution is 2.30. The molecule has 0 heterocycles. The standard InChI is InChI=1S/C15H23NO3/c1-7-19-15(17)14(16(4)5)12-8-9-13(18-6)11(3)10(12)2/h8-9,14H,7H2,1-6H3. The zero-order valence-corrected chi connectivity index (χ0v) is 12.6. The minimum atomic E-state index is -0.385. The maximum Gasteiger partial charge on any atom is 0.327 e. The van der Waals surface area contributed by atoms with Gasteiger partial charge in [0.1, 0.15) is 11.8 Å². The minimum Gasteiger partial charge on any atom is -0.496 e. The maximum atomic E-state index is 12.1. The molecule has 0 N–H and O–H groups in total. The molecule has 0 aliphatic carbocycles. The molecule has 0 aliphatic heterocycles. The molecule has 4 nitrogen and oxygen atoms in total. The maximum absolute atomic E-state index is 12.1. The summed E-state index contributed by atoms with van der Waals surface area (Å²) in [5, 5.41) is 0. The van der Waals surface area contributed by atoms with Crippen LogP contribution in [0.1, 0.15) is 29.7 Å². The Balaban J connectivity index is 3.24. The molecule has 0 bridgehead atoms. The zero-order valence-electron chi connectivity index (χ0n) is 12.6. The molecule has 1 unspecified atom stereocenters. The molecule has 0 saturated heterocycles. The summed E-state index contributed by atoms with van der Waals surface area (Å²) in [5.74, 6) is 0.614. The van der Waals surface area contributed by atoms with Gasteiger partial charge in [-0.15, -0.1) is 0 Å². The molecular weight excluding hydrogens is 242 g/mol. The van der Waals surface area contributed by atoms with E-state index in [2.05, 4.69) is 0 Å². The quantitative estimate of drug-likeness (QED) is 0.767. The van der Waals surface area contributed by atoms with Crippen LogP contribution in [-0.2, 0) is 9.53 Å². The summed E-state index contributed by atoms with van der Waals surface area (Å²) < 4.78 is 10.5. The van der Waals surface area contributed by atoms with Crippen LogP contribution in [-0.4, -0.2) is 38.7 Å². The molecule has 1 atom stereocenters. The molecule has 0 radical (unpaired) electrons.